The Bertz CT molecular complexity index is 726. The maximum absolute atomic E-state index is 12.6. The third-order valence-corrected chi connectivity index (χ3v) is 4.86. The number of carbonyl (C=O) groups is 1. The van der Waals surface area contributed by atoms with Crippen molar-refractivity contribution in [2.24, 2.45) is 5.73 Å². The lowest BCUT2D eigenvalue weighted by atomic mass is 10.2. The minimum Gasteiger partial charge on any atom is -0.336 e. The predicted octanol–water partition coefficient (Wildman–Crippen LogP) is 1.07. The van der Waals surface area contributed by atoms with Crippen molar-refractivity contribution in [2.45, 2.75) is 32.1 Å². The van der Waals surface area contributed by atoms with E-state index in [-0.39, 0.29) is 11.9 Å². The van der Waals surface area contributed by atoms with Crippen LogP contribution in [0.5, 0.6) is 0 Å². The van der Waals surface area contributed by atoms with Crippen LogP contribution >= 0.6 is 0 Å². The molecule has 6 nitrogen and oxygen atoms in total. The number of fused-ring (bicyclic) bond motifs is 1. The van der Waals surface area contributed by atoms with Gasteiger partial charge in [-0.3, -0.25) is 14.4 Å². The normalized spacial score (nSPS) is 21.0. The molecular formula is C18H23N5O. The fraction of sp³-hybridized carbons (Fsp3) is 0.444. The van der Waals surface area contributed by atoms with Crippen LogP contribution in [0, 0.1) is 0 Å². The second kappa shape index (κ2) is 6.37. The molecule has 0 aliphatic carbocycles. The van der Waals surface area contributed by atoms with Gasteiger partial charge in [0.15, 0.2) is 5.69 Å². The van der Waals surface area contributed by atoms with E-state index in [1.54, 1.807) is 0 Å². The minimum atomic E-state index is 0.0134. The smallest absolute Gasteiger partial charge is 0.274 e. The van der Waals surface area contributed by atoms with E-state index < -0.39 is 0 Å². The fourth-order valence-corrected chi connectivity index (χ4v) is 3.54. The molecule has 0 radical (unpaired) electrons. The summed E-state index contributed by atoms with van der Waals surface area (Å²) in [4.78, 5) is 16.8. The van der Waals surface area contributed by atoms with Gasteiger partial charge in [-0.2, -0.15) is 5.10 Å². The monoisotopic (exact) mass is 325 g/mol. The van der Waals surface area contributed by atoms with Crippen molar-refractivity contribution in [3.8, 4) is 0 Å². The summed E-state index contributed by atoms with van der Waals surface area (Å²) >= 11 is 0. The van der Waals surface area contributed by atoms with E-state index in [1.165, 1.54) is 5.56 Å². The molecular weight excluding hydrogens is 302 g/mol. The van der Waals surface area contributed by atoms with Gasteiger partial charge in [0.25, 0.3) is 5.91 Å². The highest BCUT2D eigenvalue weighted by Crippen LogP contribution is 2.18. The van der Waals surface area contributed by atoms with Crippen molar-refractivity contribution >= 4 is 5.91 Å². The van der Waals surface area contributed by atoms with Gasteiger partial charge in [0.05, 0.1) is 12.2 Å². The molecule has 0 saturated carbocycles. The van der Waals surface area contributed by atoms with Crippen molar-refractivity contribution in [2.75, 3.05) is 19.6 Å². The number of hydrogen-bond donors (Lipinski definition) is 1. The molecule has 1 amide bonds. The van der Waals surface area contributed by atoms with Gasteiger partial charge in [0.2, 0.25) is 0 Å². The first-order valence-corrected chi connectivity index (χ1v) is 8.57. The van der Waals surface area contributed by atoms with Gasteiger partial charge in [0.1, 0.15) is 0 Å². The summed E-state index contributed by atoms with van der Waals surface area (Å²) in [5.74, 6) is 0.0134. The first-order chi connectivity index (χ1) is 11.7. The zero-order chi connectivity index (χ0) is 16.5. The number of nitrogens with zero attached hydrogens (tertiary/aromatic N) is 4. The summed E-state index contributed by atoms with van der Waals surface area (Å²) in [5.41, 5.74) is 8.89. The maximum atomic E-state index is 12.6. The largest absolute Gasteiger partial charge is 0.336 e. The number of hydrogen-bond acceptors (Lipinski definition) is 4. The number of aromatic nitrogens is 2. The maximum Gasteiger partial charge on any atom is 0.274 e. The number of rotatable bonds is 3. The zero-order valence-electron chi connectivity index (χ0n) is 13.8. The second-order valence-electron chi connectivity index (χ2n) is 6.74. The zero-order valence-corrected chi connectivity index (χ0v) is 13.8. The quantitative estimate of drug-likeness (QED) is 0.917. The van der Waals surface area contributed by atoms with Crippen LogP contribution in [0.15, 0.2) is 36.4 Å². The van der Waals surface area contributed by atoms with E-state index in [9.17, 15) is 4.79 Å². The molecule has 2 aliphatic rings. The fourth-order valence-electron chi connectivity index (χ4n) is 3.54. The van der Waals surface area contributed by atoms with E-state index in [1.807, 2.05) is 21.7 Å². The molecule has 6 heteroatoms. The Labute approximate surface area is 141 Å². The lowest BCUT2D eigenvalue weighted by molar-refractivity contribution is 0.0784. The van der Waals surface area contributed by atoms with Crippen LogP contribution in [0.2, 0.25) is 0 Å². The van der Waals surface area contributed by atoms with Crippen molar-refractivity contribution < 1.29 is 4.79 Å². The standard InChI is InChI=1S/C18H23N5O/c19-15-6-7-22(12-15)18(24)17-10-16-13-21(8-9-23(16)20-17)11-14-4-2-1-3-5-14/h1-5,10,15H,6-9,11-13,19H2. The number of nitrogens with two attached hydrogens (primary N) is 1. The highest BCUT2D eigenvalue weighted by molar-refractivity contribution is 5.92. The number of benzene rings is 1. The molecule has 1 saturated heterocycles. The highest BCUT2D eigenvalue weighted by atomic mass is 16.2. The van der Waals surface area contributed by atoms with E-state index in [2.05, 4.69) is 34.3 Å². The molecule has 1 atom stereocenters. The van der Waals surface area contributed by atoms with E-state index in [0.29, 0.717) is 12.2 Å². The first-order valence-electron chi connectivity index (χ1n) is 8.57. The van der Waals surface area contributed by atoms with Crippen molar-refractivity contribution in [1.82, 2.24) is 19.6 Å². The van der Waals surface area contributed by atoms with Crippen LogP contribution < -0.4 is 5.73 Å². The Morgan fingerprint density at radius 2 is 2.04 bits per heavy atom. The van der Waals surface area contributed by atoms with Gasteiger partial charge in [-0.1, -0.05) is 30.3 Å². The summed E-state index contributed by atoms with van der Waals surface area (Å²) in [6, 6.07) is 12.5. The second-order valence-corrected chi connectivity index (χ2v) is 6.74. The van der Waals surface area contributed by atoms with E-state index in [4.69, 9.17) is 5.73 Å². The molecule has 1 fully saturated rings. The number of amides is 1. The van der Waals surface area contributed by atoms with Crippen LogP contribution in [0.4, 0.5) is 0 Å². The van der Waals surface area contributed by atoms with Crippen LogP contribution in [0.25, 0.3) is 0 Å². The Kier molecular flexibility index (Phi) is 4.08. The van der Waals surface area contributed by atoms with Crippen LogP contribution in [0.1, 0.15) is 28.2 Å². The Morgan fingerprint density at radius 1 is 1.21 bits per heavy atom. The summed E-state index contributed by atoms with van der Waals surface area (Å²) in [7, 11) is 0. The summed E-state index contributed by atoms with van der Waals surface area (Å²) in [6.45, 7) is 4.91. The Balaban J connectivity index is 1.45. The first kappa shape index (κ1) is 15.4. The molecule has 0 bridgehead atoms. The molecule has 2 aliphatic heterocycles. The topological polar surface area (TPSA) is 67.4 Å². The van der Waals surface area contributed by atoms with E-state index in [0.717, 1.165) is 44.8 Å². The molecule has 1 unspecified atom stereocenters. The molecule has 126 valence electrons. The van der Waals surface area contributed by atoms with Gasteiger partial charge in [-0.15, -0.1) is 0 Å². The SMILES string of the molecule is NC1CCN(C(=O)c2cc3n(n2)CCN(Cc2ccccc2)C3)C1. The highest BCUT2D eigenvalue weighted by Gasteiger charge is 2.28. The summed E-state index contributed by atoms with van der Waals surface area (Å²) in [6.07, 6.45) is 0.879. The average molecular weight is 325 g/mol. The third-order valence-electron chi connectivity index (χ3n) is 4.86. The summed E-state index contributed by atoms with van der Waals surface area (Å²) in [5, 5.41) is 4.52. The van der Waals surface area contributed by atoms with Gasteiger partial charge >= 0.3 is 0 Å². The summed E-state index contributed by atoms with van der Waals surface area (Å²) < 4.78 is 1.98. The molecule has 1 aromatic carbocycles. The molecule has 1 aromatic heterocycles. The molecule has 24 heavy (non-hydrogen) atoms. The molecule has 4 rings (SSSR count). The molecule has 2 N–H and O–H groups in total. The predicted molar refractivity (Wildman–Crippen MR) is 91.3 cm³/mol. The van der Waals surface area contributed by atoms with Crippen LogP contribution in [0.3, 0.4) is 0 Å². The number of carbonyl (C=O) groups excluding carboxylic acids is 1. The van der Waals surface area contributed by atoms with Crippen LogP contribution in [-0.4, -0.2) is 51.2 Å². The van der Waals surface area contributed by atoms with Gasteiger partial charge in [-0.25, -0.2) is 0 Å². The minimum absolute atomic E-state index is 0.0134. The lowest BCUT2D eigenvalue weighted by Gasteiger charge is -2.27. The lowest BCUT2D eigenvalue weighted by Crippen LogP contribution is -2.33. The average Bonchev–Trinajstić information content (AvgIpc) is 3.21. The van der Waals surface area contributed by atoms with Crippen molar-refractivity contribution in [3.63, 3.8) is 0 Å². The Hall–Kier alpha value is -2.18. The molecule has 3 heterocycles. The molecule has 0 spiro atoms. The van der Waals surface area contributed by atoms with E-state index >= 15 is 0 Å². The van der Waals surface area contributed by atoms with Gasteiger partial charge < -0.3 is 10.6 Å². The van der Waals surface area contributed by atoms with Gasteiger partial charge in [0, 0.05) is 38.8 Å². The van der Waals surface area contributed by atoms with Crippen molar-refractivity contribution in [3.05, 3.63) is 53.3 Å². The Morgan fingerprint density at radius 3 is 2.79 bits per heavy atom. The van der Waals surface area contributed by atoms with Gasteiger partial charge in [-0.05, 0) is 18.1 Å². The molecule has 2 aromatic rings. The third kappa shape index (κ3) is 3.07. The van der Waals surface area contributed by atoms with Crippen molar-refractivity contribution in [1.29, 1.82) is 0 Å². The number of likely N-dealkylation sites (tertiary alicyclic amines) is 1. The van der Waals surface area contributed by atoms with Crippen LogP contribution in [-0.2, 0) is 19.6 Å².